The molecule has 0 fully saturated rings. The number of hydrogen-bond donors (Lipinski definition) is 0. The van der Waals surface area contributed by atoms with Gasteiger partial charge in [-0.2, -0.15) is 0 Å². The number of hydrogen-bond acceptors (Lipinski definition) is 6. The summed E-state index contributed by atoms with van der Waals surface area (Å²) >= 11 is 0. The largest absolute Gasteiger partial charge is 0.462 e. The van der Waals surface area contributed by atoms with E-state index in [1.54, 1.807) is 0 Å². The van der Waals surface area contributed by atoms with Crippen molar-refractivity contribution >= 4 is 17.9 Å². The number of unbranched alkanes of at least 4 members (excludes halogenated alkanes) is 29. The summed E-state index contributed by atoms with van der Waals surface area (Å²) in [6.07, 6.45) is 79.3. The zero-order chi connectivity index (χ0) is 51.4. The van der Waals surface area contributed by atoms with E-state index >= 15 is 0 Å². The molecule has 0 aromatic heterocycles. The highest BCUT2D eigenvalue weighted by Crippen LogP contribution is 2.14. The van der Waals surface area contributed by atoms with Gasteiger partial charge >= 0.3 is 17.9 Å². The molecule has 0 aliphatic carbocycles. The molecule has 0 saturated heterocycles. The van der Waals surface area contributed by atoms with Crippen LogP contribution in [0, 0.1) is 0 Å². The molecule has 0 bridgehead atoms. The van der Waals surface area contributed by atoms with Crippen LogP contribution in [-0.2, 0) is 28.6 Å². The summed E-state index contributed by atoms with van der Waals surface area (Å²) in [6, 6.07) is 0. The maximum Gasteiger partial charge on any atom is 0.306 e. The molecule has 0 aromatic rings. The number of rotatable bonds is 52. The van der Waals surface area contributed by atoms with Crippen LogP contribution < -0.4 is 0 Å². The van der Waals surface area contributed by atoms with E-state index in [0.29, 0.717) is 19.3 Å². The monoisotopic (exact) mass is 985 g/mol. The molecule has 0 saturated carbocycles. The average molecular weight is 986 g/mol. The summed E-state index contributed by atoms with van der Waals surface area (Å²) in [4.78, 5) is 38.2. The molecule has 0 heterocycles. The molecule has 0 aliphatic rings. The molecule has 71 heavy (non-hydrogen) atoms. The predicted molar refractivity (Wildman–Crippen MR) is 307 cm³/mol. The summed E-state index contributed by atoms with van der Waals surface area (Å²) in [7, 11) is 0. The standard InChI is InChI=1S/C65H108O6/c1-4-7-10-13-16-19-22-25-28-31-34-37-40-43-46-49-52-55-58-64(67)70-61-62(60-69-63(66)57-54-51-48-45-42-39-36-33-30-27-24-21-18-15-12-9-6-3)71-65(68)59-56-53-50-47-44-41-38-35-32-29-26-23-20-17-14-11-8-5-2/h9,12,15,18,21,24,27-28,30-31,33-39,42,62H,4-8,10-11,13-14,16-17,19-20,22-23,25-26,29,32,40-41,43-61H2,1-3H3/b12-9-,18-15-,24-21-,30-27-,31-28-,36-33+,37-34-,38-35-,42-39-. The van der Waals surface area contributed by atoms with Crippen molar-refractivity contribution in [2.75, 3.05) is 13.2 Å². The summed E-state index contributed by atoms with van der Waals surface area (Å²) in [5.74, 6) is -0.969. The Morgan fingerprint density at radius 3 is 0.930 bits per heavy atom. The van der Waals surface area contributed by atoms with Crippen molar-refractivity contribution in [2.24, 2.45) is 0 Å². The fourth-order valence-corrected chi connectivity index (χ4v) is 7.99. The van der Waals surface area contributed by atoms with E-state index in [9.17, 15) is 14.4 Å². The highest BCUT2D eigenvalue weighted by molar-refractivity contribution is 5.71. The molecule has 1 unspecified atom stereocenters. The third-order valence-electron chi connectivity index (χ3n) is 12.4. The average Bonchev–Trinajstić information content (AvgIpc) is 3.37. The first kappa shape index (κ1) is 67.1. The van der Waals surface area contributed by atoms with Crippen LogP contribution in [0.2, 0.25) is 0 Å². The van der Waals surface area contributed by atoms with E-state index in [1.165, 1.54) is 122 Å². The first-order chi connectivity index (χ1) is 35.0. The SMILES string of the molecule is CC\C=C/C=C\C=C/C=C\C=C\C=C/CCCCCC(=O)OCC(COC(=O)CCCCCCC/C=C\C=C/CCCCCCCCC)OC(=O)CCCCCCC/C=C\CCCCCCCCCCC. The first-order valence-corrected chi connectivity index (χ1v) is 29.5. The van der Waals surface area contributed by atoms with Crippen LogP contribution in [0.5, 0.6) is 0 Å². The molecular weight excluding hydrogens is 877 g/mol. The van der Waals surface area contributed by atoms with Gasteiger partial charge in [-0.25, -0.2) is 0 Å². The summed E-state index contributed by atoms with van der Waals surface area (Å²) in [5, 5.41) is 0. The van der Waals surface area contributed by atoms with Gasteiger partial charge in [0.2, 0.25) is 0 Å². The number of carbonyl (C=O) groups excluding carboxylic acids is 3. The fraction of sp³-hybridized carbons (Fsp3) is 0.677. The maximum absolute atomic E-state index is 12.9. The molecule has 404 valence electrons. The van der Waals surface area contributed by atoms with Gasteiger partial charge in [-0.05, 0) is 89.9 Å². The van der Waals surface area contributed by atoms with Crippen LogP contribution in [-0.4, -0.2) is 37.2 Å². The van der Waals surface area contributed by atoms with Gasteiger partial charge in [0.25, 0.3) is 0 Å². The number of carbonyl (C=O) groups is 3. The second-order valence-electron chi connectivity index (χ2n) is 19.3. The van der Waals surface area contributed by atoms with E-state index in [4.69, 9.17) is 14.2 Å². The van der Waals surface area contributed by atoms with Crippen LogP contribution in [0.25, 0.3) is 0 Å². The van der Waals surface area contributed by atoms with E-state index in [0.717, 1.165) is 103 Å². The number of allylic oxidation sites excluding steroid dienone is 18. The Labute approximate surface area is 438 Å². The van der Waals surface area contributed by atoms with Gasteiger partial charge in [-0.3, -0.25) is 14.4 Å². The van der Waals surface area contributed by atoms with E-state index in [1.807, 2.05) is 60.8 Å². The number of ether oxygens (including phenoxy) is 3. The highest BCUT2D eigenvalue weighted by atomic mass is 16.6. The van der Waals surface area contributed by atoms with E-state index in [2.05, 4.69) is 69.4 Å². The van der Waals surface area contributed by atoms with Crippen molar-refractivity contribution in [3.8, 4) is 0 Å². The minimum absolute atomic E-state index is 0.105. The lowest BCUT2D eigenvalue weighted by molar-refractivity contribution is -0.167. The zero-order valence-electron chi connectivity index (χ0n) is 46.2. The van der Waals surface area contributed by atoms with Gasteiger partial charge in [-0.15, -0.1) is 0 Å². The van der Waals surface area contributed by atoms with Crippen LogP contribution in [0.1, 0.15) is 265 Å². The Morgan fingerprint density at radius 2 is 0.563 bits per heavy atom. The highest BCUT2D eigenvalue weighted by Gasteiger charge is 2.19. The summed E-state index contributed by atoms with van der Waals surface area (Å²) in [6.45, 7) is 6.44. The van der Waals surface area contributed by atoms with Gasteiger partial charge in [0.15, 0.2) is 6.10 Å². The molecule has 0 aliphatic heterocycles. The van der Waals surface area contributed by atoms with Gasteiger partial charge in [0.05, 0.1) is 0 Å². The quantitative estimate of drug-likeness (QED) is 0.0199. The molecule has 1 atom stereocenters. The molecule has 0 spiro atoms. The Hall–Kier alpha value is -3.93. The minimum atomic E-state index is -0.810. The predicted octanol–water partition coefficient (Wildman–Crippen LogP) is 19.9. The molecule has 6 heteroatoms. The molecule has 0 radical (unpaired) electrons. The van der Waals surface area contributed by atoms with E-state index < -0.39 is 6.10 Å². The second kappa shape index (κ2) is 58.6. The molecule has 0 amide bonds. The van der Waals surface area contributed by atoms with Crippen LogP contribution in [0.4, 0.5) is 0 Å². The van der Waals surface area contributed by atoms with Gasteiger partial charge in [0.1, 0.15) is 13.2 Å². The van der Waals surface area contributed by atoms with Crippen molar-refractivity contribution in [3.05, 3.63) is 109 Å². The van der Waals surface area contributed by atoms with Crippen molar-refractivity contribution in [1.82, 2.24) is 0 Å². The van der Waals surface area contributed by atoms with Crippen LogP contribution >= 0.6 is 0 Å². The zero-order valence-corrected chi connectivity index (χ0v) is 46.2. The lowest BCUT2D eigenvalue weighted by Crippen LogP contribution is -2.30. The van der Waals surface area contributed by atoms with E-state index in [-0.39, 0.29) is 31.1 Å². The Morgan fingerprint density at radius 1 is 0.296 bits per heavy atom. The third kappa shape index (κ3) is 56.9. The Balaban J connectivity index is 4.52. The Kier molecular flexibility index (Phi) is 55.4. The van der Waals surface area contributed by atoms with Crippen LogP contribution in [0.3, 0.4) is 0 Å². The topological polar surface area (TPSA) is 78.9 Å². The molecule has 0 N–H and O–H groups in total. The van der Waals surface area contributed by atoms with Crippen molar-refractivity contribution < 1.29 is 28.6 Å². The Bertz CT molecular complexity index is 1460. The number of esters is 3. The molecule has 6 nitrogen and oxygen atoms in total. The smallest absolute Gasteiger partial charge is 0.306 e. The van der Waals surface area contributed by atoms with Crippen molar-refractivity contribution in [1.29, 1.82) is 0 Å². The first-order valence-electron chi connectivity index (χ1n) is 29.5. The van der Waals surface area contributed by atoms with Gasteiger partial charge in [0, 0.05) is 19.3 Å². The van der Waals surface area contributed by atoms with Gasteiger partial charge < -0.3 is 14.2 Å². The van der Waals surface area contributed by atoms with Crippen molar-refractivity contribution in [3.63, 3.8) is 0 Å². The van der Waals surface area contributed by atoms with Crippen LogP contribution in [0.15, 0.2) is 109 Å². The third-order valence-corrected chi connectivity index (χ3v) is 12.4. The summed E-state index contributed by atoms with van der Waals surface area (Å²) in [5.41, 5.74) is 0. The molecule has 0 aromatic carbocycles. The van der Waals surface area contributed by atoms with Crippen molar-refractivity contribution in [2.45, 2.75) is 271 Å². The fourth-order valence-electron chi connectivity index (χ4n) is 7.99. The minimum Gasteiger partial charge on any atom is -0.462 e. The lowest BCUT2D eigenvalue weighted by Gasteiger charge is -2.18. The maximum atomic E-state index is 12.9. The normalized spacial score (nSPS) is 12.9. The molecular formula is C65H108O6. The second-order valence-corrected chi connectivity index (χ2v) is 19.3. The summed E-state index contributed by atoms with van der Waals surface area (Å²) < 4.78 is 16.8. The lowest BCUT2D eigenvalue weighted by atomic mass is 10.1. The van der Waals surface area contributed by atoms with Gasteiger partial charge in [-0.1, -0.05) is 265 Å². The molecule has 0 rings (SSSR count).